The van der Waals surface area contributed by atoms with Gasteiger partial charge in [0.1, 0.15) is 5.75 Å². The van der Waals surface area contributed by atoms with Crippen molar-refractivity contribution in [2.75, 3.05) is 0 Å². The first kappa shape index (κ1) is 9.99. The van der Waals surface area contributed by atoms with Gasteiger partial charge in [0.05, 0.1) is 0 Å². The van der Waals surface area contributed by atoms with Crippen LogP contribution in [-0.2, 0) is 6.42 Å². The van der Waals surface area contributed by atoms with Crippen LogP contribution in [0.1, 0.15) is 18.9 Å². The third kappa shape index (κ3) is 3.03. The quantitative estimate of drug-likeness (QED) is 0.751. The molecule has 0 atom stereocenters. The topological polar surface area (TPSA) is 35.2 Å². The van der Waals surface area contributed by atoms with E-state index in [1.165, 1.54) is 0 Å². The first-order chi connectivity index (χ1) is 6.24. The van der Waals surface area contributed by atoms with E-state index in [1.807, 2.05) is 24.3 Å². The molecular formula is C10H13NOS. The van der Waals surface area contributed by atoms with Gasteiger partial charge in [-0.15, -0.1) is 0 Å². The van der Waals surface area contributed by atoms with E-state index in [9.17, 15) is 0 Å². The van der Waals surface area contributed by atoms with Gasteiger partial charge in [-0.3, -0.25) is 0 Å². The van der Waals surface area contributed by atoms with Crippen LogP contribution in [0.2, 0.25) is 0 Å². The third-order valence-corrected chi connectivity index (χ3v) is 1.79. The zero-order valence-electron chi connectivity index (χ0n) is 7.62. The number of thiocarbonyl (C=S) groups is 1. The fourth-order valence-corrected chi connectivity index (χ4v) is 1.28. The predicted octanol–water partition coefficient (Wildman–Crippen LogP) is 2.26. The zero-order valence-corrected chi connectivity index (χ0v) is 8.43. The average molecular weight is 195 g/mol. The molecule has 0 aliphatic carbocycles. The molecule has 1 rings (SSSR count). The number of benzene rings is 1. The standard InChI is InChI=1S/C10H13NOS/c1-2-5-8-6-3-4-7-9(8)12-10(11)13/h3-4,6-7H,2,5H2,1H3,(H2,11,13). The predicted molar refractivity (Wildman–Crippen MR) is 57.9 cm³/mol. The van der Waals surface area contributed by atoms with E-state index < -0.39 is 0 Å². The fraction of sp³-hybridized carbons (Fsp3) is 0.300. The molecule has 2 nitrogen and oxygen atoms in total. The van der Waals surface area contributed by atoms with E-state index in [-0.39, 0.29) is 5.17 Å². The molecule has 0 radical (unpaired) electrons. The second-order valence-electron chi connectivity index (χ2n) is 2.78. The molecule has 0 bridgehead atoms. The van der Waals surface area contributed by atoms with Gasteiger partial charge in [0.25, 0.3) is 5.17 Å². The number of hydrogen-bond donors (Lipinski definition) is 1. The van der Waals surface area contributed by atoms with E-state index in [0.717, 1.165) is 24.2 Å². The molecule has 0 saturated carbocycles. The van der Waals surface area contributed by atoms with Crippen molar-refractivity contribution in [1.82, 2.24) is 0 Å². The van der Waals surface area contributed by atoms with Crippen LogP contribution < -0.4 is 10.5 Å². The van der Waals surface area contributed by atoms with Crippen LogP contribution in [-0.4, -0.2) is 5.17 Å². The molecule has 3 heteroatoms. The SMILES string of the molecule is CCCc1ccccc1OC(N)=S. The van der Waals surface area contributed by atoms with E-state index in [1.54, 1.807) is 0 Å². The highest BCUT2D eigenvalue weighted by molar-refractivity contribution is 7.80. The Labute approximate surface area is 83.7 Å². The van der Waals surface area contributed by atoms with Gasteiger partial charge in [-0.05, 0) is 30.3 Å². The maximum absolute atomic E-state index is 5.30. The zero-order chi connectivity index (χ0) is 9.68. The van der Waals surface area contributed by atoms with Crippen molar-refractivity contribution < 1.29 is 4.74 Å². The van der Waals surface area contributed by atoms with Crippen molar-refractivity contribution in [3.05, 3.63) is 29.8 Å². The second kappa shape index (κ2) is 4.82. The number of hydrogen-bond acceptors (Lipinski definition) is 2. The number of aryl methyl sites for hydroxylation is 1. The molecule has 0 amide bonds. The van der Waals surface area contributed by atoms with Gasteiger partial charge in [0.15, 0.2) is 0 Å². The summed E-state index contributed by atoms with van der Waals surface area (Å²) in [6.45, 7) is 2.12. The van der Waals surface area contributed by atoms with Crippen LogP contribution in [0, 0.1) is 0 Å². The van der Waals surface area contributed by atoms with Gasteiger partial charge >= 0.3 is 0 Å². The lowest BCUT2D eigenvalue weighted by Gasteiger charge is -2.07. The van der Waals surface area contributed by atoms with Crippen LogP contribution in [0.3, 0.4) is 0 Å². The van der Waals surface area contributed by atoms with Crippen LogP contribution in [0.15, 0.2) is 24.3 Å². The highest BCUT2D eigenvalue weighted by Gasteiger charge is 2.02. The maximum Gasteiger partial charge on any atom is 0.259 e. The summed E-state index contributed by atoms with van der Waals surface area (Å²) in [4.78, 5) is 0. The fourth-order valence-electron chi connectivity index (χ4n) is 1.19. The van der Waals surface area contributed by atoms with Gasteiger partial charge in [-0.1, -0.05) is 31.5 Å². The molecule has 1 aromatic rings. The molecule has 0 unspecified atom stereocenters. The van der Waals surface area contributed by atoms with Crippen molar-refractivity contribution in [3.63, 3.8) is 0 Å². The summed E-state index contributed by atoms with van der Waals surface area (Å²) in [6, 6.07) is 7.80. The van der Waals surface area contributed by atoms with Gasteiger partial charge < -0.3 is 10.5 Å². The number of rotatable bonds is 3. The first-order valence-electron chi connectivity index (χ1n) is 4.29. The summed E-state index contributed by atoms with van der Waals surface area (Å²) in [6.07, 6.45) is 2.07. The Balaban J connectivity index is 2.84. The smallest absolute Gasteiger partial charge is 0.259 e. The lowest BCUT2D eigenvalue weighted by Crippen LogP contribution is -2.16. The van der Waals surface area contributed by atoms with Crippen LogP contribution in [0.4, 0.5) is 0 Å². The van der Waals surface area contributed by atoms with Gasteiger partial charge in [-0.25, -0.2) is 0 Å². The number of nitrogens with two attached hydrogens (primary N) is 1. The number of ether oxygens (including phenoxy) is 1. The van der Waals surface area contributed by atoms with E-state index in [4.69, 9.17) is 10.5 Å². The summed E-state index contributed by atoms with van der Waals surface area (Å²) < 4.78 is 5.21. The van der Waals surface area contributed by atoms with Crippen molar-refractivity contribution in [2.24, 2.45) is 5.73 Å². The van der Waals surface area contributed by atoms with Crippen LogP contribution in [0.25, 0.3) is 0 Å². The Hall–Kier alpha value is -1.09. The molecule has 0 aliphatic heterocycles. The maximum atomic E-state index is 5.30. The van der Waals surface area contributed by atoms with Gasteiger partial charge in [0, 0.05) is 0 Å². The van der Waals surface area contributed by atoms with E-state index >= 15 is 0 Å². The van der Waals surface area contributed by atoms with Gasteiger partial charge in [0.2, 0.25) is 0 Å². The Kier molecular flexibility index (Phi) is 3.71. The summed E-state index contributed by atoms with van der Waals surface area (Å²) in [5.74, 6) is 0.775. The highest BCUT2D eigenvalue weighted by atomic mass is 32.1. The molecule has 0 aliphatic rings. The summed E-state index contributed by atoms with van der Waals surface area (Å²) >= 11 is 4.68. The molecule has 1 aromatic carbocycles. The van der Waals surface area contributed by atoms with Crippen molar-refractivity contribution in [3.8, 4) is 5.75 Å². The van der Waals surface area contributed by atoms with Crippen LogP contribution >= 0.6 is 12.2 Å². The van der Waals surface area contributed by atoms with Gasteiger partial charge in [-0.2, -0.15) is 0 Å². The Morgan fingerprint density at radius 1 is 1.46 bits per heavy atom. The lowest BCUT2D eigenvalue weighted by atomic mass is 10.1. The average Bonchev–Trinajstić information content (AvgIpc) is 2.08. The monoisotopic (exact) mass is 195 g/mol. The summed E-state index contributed by atoms with van der Waals surface area (Å²) in [5, 5.41) is 0.0727. The molecule has 0 fully saturated rings. The Morgan fingerprint density at radius 2 is 2.15 bits per heavy atom. The van der Waals surface area contributed by atoms with Crippen molar-refractivity contribution >= 4 is 17.4 Å². The molecule has 0 aromatic heterocycles. The molecule has 2 N–H and O–H groups in total. The second-order valence-corrected chi connectivity index (χ2v) is 3.18. The first-order valence-corrected chi connectivity index (χ1v) is 4.70. The van der Waals surface area contributed by atoms with E-state index in [0.29, 0.717) is 0 Å². The number of para-hydroxylation sites is 1. The summed E-state index contributed by atoms with van der Waals surface area (Å²) in [5.41, 5.74) is 6.45. The molecular weight excluding hydrogens is 182 g/mol. The minimum absolute atomic E-state index is 0.0727. The van der Waals surface area contributed by atoms with E-state index in [2.05, 4.69) is 19.1 Å². The normalized spacial score (nSPS) is 9.62. The molecule has 0 heterocycles. The molecule has 0 saturated heterocycles. The molecule has 70 valence electrons. The lowest BCUT2D eigenvalue weighted by molar-refractivity contribution is 0.548. The summed E-state index contributed by atoms with van der Waals surface area (Å²) in [7, 11) is 0. The van der Waals surface area contributed by atoms with Crippen LogP contribution in [0.5, 0.6) is 5.75 Å². The Morgan fingerprint density at radius 3 is 2.77 bits per heavy atom. The van der Waals surface area contributed by atoms with Crippen molar-refractivity contribution in [2.45, 2.75) is 19.8 Å². The Bertz CT molecular complexity index is 299. The molecule has 13 heavy (non-hydrogen) atoms. The minimum Gasteiger partial charge on any atom is -0.432 e. The third-order valence-electron chi connectivity index (χ3n) is 1.70. The molecule has 0 spiro atoms. The van der Waals surface area contributed by atoms with Crippen molar-refractivity contribution in [1.29, 1.82) is 0 Å². The minimum atomic E-state index is 0.0727. The highest BCUT2D eigenvalue weighted by Crippen LogP contribution is 2.19. The largest absolute Gasteiger partial charge is 0.432 e.